The molecule has 0 radical (unpaired) electrons. The normalized spacial score (nSPS) is 20.3. The number of carbonyl (C=O) groups excluding carboxylic acids is 2. The van der Waals surface area contributed by atoms with Crippen molar-refractivity contribution in [3.63, 3.8) is 0 Å². The first-order chi connectivity index (χ1) is 23.9. The molecule has 268 valence electrons. The van der Waals surface area contributed by atoms with Gasteiger partial charge < -0.3 is 19.9 Å². The fraction of sp³-hybridized carbons (Fsp3) is 0.622. The predicted octanol–water partition coefficient (Wildman–Crippen LogP) is 4.76. The topological polar surface area (TPSA) is 129 Å². The van der Waals surface area contributed by atoms with E-state index in [0.717, 1.165) is 102 Å². The highest BCUT2D eigenvalue weighted by atomic mass is 16.6. The standard InChI is InChI=1S/C37H51N9O4/c1-24-30-21-39-35(41-33(30)46(27-8-6-7-9-27)34(48)32(24)25(2)47)40-31-11-10-28(20-38-31)44-18-16-43(17-19-44)26-12-14-42(15-13-26)29-22-45(23-29)36(49)50-37(3,4)5/h10-11,20-21,26-27,29H,6-9,12-19,22-23H2,1-5H3,(H,38,39,40,41). The summed E-state index contributed by atoms with van der Waals surface area (Å²) in [5.41, 5.74) is 1.81. The molecule has 0 spiro atoms. The molecule has 4 aliphatic rings. The van der Waals surface area contributed by atoms with Crippen molar-refractivity contribution >= 4 is 40.4 Å². The number of pyridine rings is 2. The van der Waals surface area contributed by atoms with Gasteiger partial charge in [0.05, 0.1) is 17.4 Å². The number of nitrogens with zero attached hydrogens (tertiary/aromatic N) is 8. The van der Waals surface area contributed by atoms with Crippen LogP contribution >= 0.6 is 0 Å². The average molecular weight is 686 g/mol. The van der Waals surface area contributed by atoms with Crippen molar-refractivity contribution in [1.82, 2.24) is 34.2 Å². The molecular weight excluding hydrogens is 634 g/mol. The second kappa shape index (κ2) is 13.9. The number of likely N-dealkylation sites (tertiary alicyclic amines) is 2. The van der Waals surface area contributed by atoms with Crippen LogP contribution in [0.25, 0.3) is 11.0 Å². The van der Waals surface area contributed by atoms with Crippen molar-refractivity contribution in [3.05, 3.63) is 46.0 Å². The number of rotatable bonds is 7. The van der Waals surface area contributed by atoms with Crippen molar-refractivity contribution in [3.8, 4) is 0 Å². The molecule has 1 saturated carbocycles. The third kappa shape index (κ3) is 7.07. The number of aryl methyl sites for hydroxylation is 1. The van der Waals surface area contributed by atoms with E-state index < -0.39 is 5.60 Å². The quantitative estimate of drug-likeness (QED) is 0.346. The second-order valence-electron chi connectivity index (χ2n) is 15.5. The van der Waals surface area contributed by atoms with Gasteiger partial charge in [-0.3, -0.25) is 24.0 Å². The molecule has 0 aromatic carbocycles. The number of hydrogen-bond acceptors (Lipinski definition) is 11. The molecule has 50 heavy (non-hydrogen) atoms. The fourth-order valence-electron chi connectivity index (χ4n) is 8.19. The Hall–Kier alpha value is -4.10. The molecule has 3 aliphatic heterocycles. The highest BCUT2D eigenvalue weighted by molar-refractivity contribution is 5.99. The third-order valence-electron chi connectivity index (χ3n) is 11.0. The van der Waals surface area contributed by atoms with Crippen LogP contribution in [0, 0.1) is 6.92 Å². The van der Waals surface area contributed by atoms with Crippen molar-refractivity contribution < 1.29 is 14.3 Å². The molecule has 3 aromatic heterocycles. The number of piperidine rings is 1. The van der Waals surface area contributed by atoms with E-state index in [-0.39, 0.29) is 29.0 Å². The van der Waals surface area contributed by atoms with Gasteiger partial charge in [0, 0.05) is 82.1 Å². The minimum absolute atomic E-state index is 0.0307. The number of piperazine rings is 1. The largest absolute Gasteiger partial charge is 0.444 e. The summed E-state index contributed by atoms with van der Waals surface area (Å²) in [6.45, 7) is 16.6. The molecule has 7 rings (SSSR count). The van der Waals surface area contributed by atoms with E-state index in [4.69, 9.17) is 9.72 Å². The van der Waals surface area contributed by atoms with Crippen LogP contribution in [0.4, 0.5) is 22.2 Å². The molecule has 0 unspecified atom stereocenters. The summed E-state index contributed by atoms with van der Waals surface area (Å²) >= 11 is 0. The number of amides is 1. The number of ketones is 1. The van der Waals surface area contributed by atoms with Crippen LogP contribution in [0.1, 0.15) is 88.2 Å². The number of fused-ring (bicyclic) bond motifs is 1. The lowest BCUT2D eigenvalue weighted by Gasteiger charge is -2.49. The van der Waals surface area contributed by atoms with E-state index in [1.54, 1.807) is 17.7 Å². The molecular formula is C37H51N9O4. The van der Waals surface area contributed by atoms with Gasteiger partial charge in [0.15, 0.2) is 5.78 Å². The molecule has 0 bridgehead atoms. The predicted molar refractivity (Wildman–Crippen MR) is 194 cm³/mol. The van der Waals surface area contributed by atoms with Gasteiger partial charge in [-0.2, -0.15) is 4.98 Å². The Balaban J connectivity index is 0.923. The van der Waals surface area contributed by atoms with E-state index in [2.05, 4.69) is 36.1 Å². The SMILES string of the molecule is CC(=O)c1c(C)c2cnc(Nc3ccc(N4CCN(C5CCN(C6CN(C(=O)OC(C)(C)C)C6)CC5)CC4)cn3)nc2n(C2CCCC2)c1=O. The molecule has 13 heteroatoms. The Labute approximate surface area is 294 Å². The van der Waals surface area contributed by atoms with Gasteiger partial charge in [-0.15, -0.1) is 0 Å². The molecule has 1 aliphatic carbocycles. The Bertz CT molecular complexity index is 1780. The summed E-state index contributed by atoms with van der Waals surface area (Å²) in [6.07, 6.45) is 9.65. The Kier molecular flexibility index (Phi) is 9.55. The third-order valence-corrected chi connectivity index (χ3v) is 11.0. The maximum Gasteiger partial charge on any atom is 0.410 e. The van der Waals surface area contributed by atoms with Gasteiger partial charge in [0.1, 0.15) is 17.1 Å². The number of Topliss-reactive ketones (excluding diaryl/α,β-unsaturated/α-hetero) is 1. The van der Waals surface area contributed by atoms with Gasteiger partial charge in [-0.1, -0.05) is 12.8 Å². The number of ether oxygens (including phenoxy) is 1. The van der Waals surface area contributed by atoms with Crippen LogP contribution in [-0.2, 0) is 4.74 Å². The summed E-state index contributed by atoms with van der Waals surface area (Å²) < 4.78 is 7.25. The first kappa shape index (κ1) is 34.4. The highest BCUT2D eigenvalue weighted by Crippen LogP contribution is 2.32. The lowest BCUT2D eigenvalue weighted by Crippen LogP contribution is -2.63. The van der Waals surface area contributed by atoms with Crippen molar-refractivity contribution in [2.45, 2.75) is 96.9 Å². The molecule has 3 aromatic rings. The van der Waals surface area contributed by atoms with Crippen molar-refractivity contribution in [2.75, 3.05) is 62.6 Å². The van der Waals surface area contributed by atoms with Crippen LogP contribution in [0.15, 0.2) is 29.3 Å². The summed E-state index contributed by atoms with van der Waals surface area (Å²) in [4.78, 5) is 61.7. The van der Waals surface area contributed by atoms with E-state index in [1.165, 1.54) is 6.92 Å². The Morgan fingerprint density at radius 1 is 0.860 bits per heavy atom. The van der Waals surface area contributed by atoms with Crippen molar-refractivity contribution in [2.24, 2.45) is 0 Å². The smallest absolute Gasteiger partial charge is 0.410 e. The Morgan fingerprint density at radius 3 is 2.16 bits per heavy atom. The summed E-state index contributed by atoms with van der Waals surface area (Å²) in [5, 5.41) is 3.96. The van der Waals surface area contributed by atoms with E-state index in [0.29, 0.717) is 35.1 Å². The first-order valence-corrected chi connectivity index (χ1v) is 18.3. The van der Waals surface area contributed by atoms with E-state index >= 15 is 0 Å². The maximum absolute atomic E-state index is 13.5. The van der Waals surface area contributed by atoms with Crippen molar-refractivity contribution in [1.29, 1.82) is 0 Å². The maximum atomic E-state index is 13.5. The number of hydrogen-bond donors (Lipinski definition) is 1. The molecule has 13 nitrogen and oxygen atoms in total. The lowest BCUT2D eigenvalue weighted by molar-refractivity contribution is -0.0247. The molecule has 3 saturated heterocycles. The van der Waals surface area contributed by atoms with Crippen LogP contribution in [0.5, 0.6) is 0 Å². The number of aromatic nitrogens is 4. The highest BCUT2D eigenvalue weighted by Gasteiger charge is 2.39. The zero-order valence-electron chi connectivity index (χ0n) is 30.2. The van der Waals surface area contributed by atoms with Gasteiger partial charge in [-0.05, 0) is 78.0 Å². The molecule has 1 N–H and O–H groups in total. The summed E-state index contributed by atoms with van der Waals surface area (Å²) in [6, 6.07) is 5.11. The molecule has 6 heterocycles. The van der Waals surface area contributed by atoms with Crippen LogP contribution < -0.4 is 15.8 Å². The fourth-order valence-corrected chi connectivity index (χ4v) is 8.19. The Morgan fingerprint density at radius 2 is 1.54 bits per heavy atom. The van der Waals surface area contributed by atoms with E-state index in [1.807, 2.05) is 37.9 Å². The summed E-state index contributed by atoms with van der Waals surface area (Å²) in [7, 11) is 0. The number of carbonyl (C=O) groups is 2. The minimum Gasteiger partial charge on any atom is -0.444 e. The van der Waals surface area contributed by atoms with Crippen LogP contribution in [-0.4, -0.2) is 116 Å². The summed E-state index contributed by atoms with van der Waals surface area (Å²) in [5.74, 6) is 0.775. The van der Waals surface area contributed by atoms with Crippen LogP contribution in [0.2, 0.25) is 0 Å². The number of nitrogens with one attached hydrogen (secondary N) is 1. The molecule has 1 amide bonds. The molecule has 0 atom stereocenters. The van der Waals surface area contributed by atoms with Gasteiger partial charge >= 0.3 is 6.09 Å². The van der Waals surface area contributed by atoms with Gasteiger partial charge in [0.2, 0.25) is 5.95 Å². The second-order valence-corrected chi connectivity index (χ2v) is 15.5. The average Bonchev–Trinajstić information content (AvgIpc) is 3.58. The monoisotopic (exact) mass is 685 g/mol. The minimum atomic E-state index is -0.455. The molecule has 4 fully saturated rings. The van der Waals surface area contributed by atoms with Gasteiger partial charge in [-0.25, -0.2) is 14.8 Å². The van der Waals surface area contributed by atoms with E-state index in [9.17, 15) is 14.4 Å². The lowest BCUT2D eigenvalue weighted by atomic mass is 9.98. The number of anilines is 3. The van der Waals surface area contributed by atoms with Crippen LogP contribution in [0.3, 0.4) is 0 Å². The zero-order chi connectivity index (χ0) is 35.2. The first-order valence-electron chi connectivity index (χ1n) is 18.3. The van der Waals surface area contributed by atoms with Gasteiger partial charge in [0.25, 0.3) is 5.56 Å². The zero-order valence-corrected chi connectivity index (χ0v) is 30.2.